The molecular formula is C15H20BrN3. The molecule has 1 aromatic heterocycles. The highest BCUT2D eigenvalue weighted by molar-refractivity contribution is 9.10. The van der Waals surface area contributed by atoms with Crippen molar-refractivity contribution < 1.29 is 0 Å². The third-order valence-electron chi connectivity index (χ3n) is 3.25. The maximum atomic E-state index is 5.93. The average molecular weight is 322 g/mol. The first-order valence-corrected chi connectivity index (χ1v) is 7.22. The quantitative estimate of drug-likeness (QED) is 0.908. The number of aromatic nitrogens is 2. The Hall–Kier alpha value is -1.13. The van der Waals surface area contributed by atoms with E-state index in [0.29, 0.717) is 6.54 Å². The zero-order valence-electron chi connectivity index (χ0n) is 11.6. The molecule has 0 radical (unpaired) electrons. The number of nitrogens with two attached hydrogens (primary N) is 1. The van der Waals surface area contributed by atoms with Gasteiger partial charge < -0.3 is 5.73 Å². The third-order valence-corrected chi connectivity index (χ3v) is 3.78. The molecule has 1 heterocycles. The van der Waals surface area contributed by atoms with Crippen molar-refractivity contribution in [3.63, 3.8) is 0 Å². The van der Waals surface area contributed by atoms with Gasteiger partial charge in [-0.3, -0.25) is 5.10 Å². The Labute approximate surface area is 122 Å². The molecule has 0 saturated heterocycles. The predicted molar refractivity (Wildman–Crippen MR) is 82.3 cm³/mol. The van der Waals surface area contributed by atoms with Crippen LogP contribution in [0.5, 0.6) is 0 Å². The number of hydrogen-bond acceptors (Lipinski definition) is 2. The normalized spacial score (nSPS) is 13.5. The highest BCUT2D eigenvalue weighted by Crippen LogP contribution is 2.27. The topological polar surface area (TPSA) is 54.7 Å². The molecule has 0 amide bonds. The van der Waals surface area contributed by atoms with Crippen LogP contribution in [0.3, 0.4) is 0 Å². The Balaban J connectivity index is 2.32. The minimum atomic E-state index is 0.0492. The van der Waals surface area contributed by atoms with E-state index >= 15 is 0 Å². The number of benzene rings is 1. The molecule has 19 heavy (non-hydrogen) atoms. The Bertz CT molecular complexity index is 537. The Morgan fingerprint density at radius 3 is 2.37 bits per heavy atom. The van der Waals surface area contributed by atoms with Crippen molar-refractivity contribution in [1.82, 2.24) is 10.2 Å². The van der Waals surface area contributed by atoms with E-state index in [9.17, 15) is 0 Å². The van der Waals surface area contributed by atoms with E-state index in [2.05, 4.69) is 65.1 Å². The summed E-state index contributed by atoms with van der Waals surface area (Å²) >= 11 is 3.45. The van der Waals surface area contributed by atoms with Crippen molar-refractivity contribution in [2.75, 3.05) is 6.54 Å². The zero-order valence-corrected chi connectivity index (χ0v) is 13.2. The van der Waals surface area contributed by atoms with E-state index in [1.165, 1.54) is 5.56 Å². The Kier molecular flexibility index (Phi) is 4.11. The molecule has 1 atom stereocenters. The summed E-state index contributed by atoms with van der Waals surface area (Å²) in [5.41, 5.74) is 9.33. The van der Waals surface area contributed by atoms with Gasteiger partial charge in [-0.25, -0.2) is 0 Å². The van der Waals surface area contributed by atoms with Crippen molar-refractivity contribution in [1.29, 1.82) is 0 Å². The molecule has 3 nitrogen and oxygen atoms in total. The minimum Gasteiger partial charge on any atom is -0.329 e. The first-order chi connectivity index (χ1) is 8.91. The van der Waals surface area contributed by atoms with Gasteiger partial charge in [0, 0.05) is 28.0 Å². The van der Waals surface area contributed by atoms with Gasteiger partial charge in [0.2, 0.25) is 0 Å². The van der Waals surface area contributed by atoms with E-state index in [-0.39, 0.29) is 11.3 Å². The summed E-state index contributed by atoms with van der Waals surface area (Å²) in [5.74, 6) is 0.164. The van der Waals surface area contributed by atoms with Gasteiger partial charge in [0.25, 0.3) is 0 Å². The smallest absolute Gasteiger partial charge is 0.0678 e. The lowest BCUT2D eigenvalue weighted by atomic mass is 9.90. The van der Waals surface area contributed by atoms with Gasteiger partial charge in [0.1, 0.15) is 0 Å². The second-order valence-corrected chi connectivity index (χ2v) is 6.71. The van der Waals surface area contributed by atoms with E-state index < -0.39 is 0 Å². The van der Waals surface area contributed by atoms with Crippen LogP contribution in [0.2, 0.25) is 0 Å². The van der Waals surface area contributed by atoms with Crippen molar-refractivity contribution in [2.24, 2.45) is 5.73 Å². The van der Waals surface area contributed by atoms with Crippen molar-refractivity contribution >= 4 is 15.9 Å². The minimum absolute atomic E-state index is 0.0492. The fraction of sp³-hybridized carbons (Fsp3) is 0.400. The van der Waals surface area contributed by atoms with E-state index in [1.54, 1.807) is 0 Å². The van der Waals surface area contributed by atoms with Crippen LogP contribution >= 0.6 is 15.9 Å². The second kappa shape index (κ2) is 5.47. The Morgan fingerprint density at radius 1 is 1.26 bits per heavy atom. The van der Waals surface area contributed by atoms with Crippen LogP contribution in [0, 0.1) is 0 Å². The molecule has 0 fully saturated rings. The number of nitrogens with zero attached hydrogens (tertiary/aromatic N) is 1. The molecule has 0 aliphatic carbocycles. The van der Waals surface area contributed by atoms with Gasteiger partial charge in [-0.1, -0.05) is 48.8 Å². The summed E-state index contributed by atoms with van der Waals surface area (Å²) < 4.78 is 1.08. The van der Waals surface area contributed by atoms with Crippen LogP contribution in [-0.4, -0.2) is 16.7 Å². The SMILES string of the molecule is CC(C)(C)c1cc(C(CN)c2ccc(Br)cc2)[nH]n1. The molecule has 2 rings (SSSR count). The van der Waals surface area contributed by atoms with Gasteiger partial charge in [-0.05, 0) is 23.8 Å². The summed E-state index contributed by atoms with van der Waals surface area (Å²) in [4.78, 5) is 0. The molecule has 2 aromatic rings. The molecule has 0 bridgehead atoms. The second-order valence-electron chi connectivity index (χ2n) is 5.80. The van der Waals surface area contributed by atoms with Crippen molar-refractivity contribution in [3.05, 3.63) is 51.8 Å². The first-order valence-electron chi connectivity index (χ1n) is 6.43. The number of hydrogen-bond donors (Lipinski definition) is 2. The van der Waals surface area contributed by atoms with Gasteiger partial charge in [0.15, 0.2) is 0 Å². The van der Waals surface area contributed by atoms with Gasteiger partial charge in [0.05, 0.1) is 5.69 Å². The van der Waals surface area contributed by atoms with Gasteiger partial charge in [-0.15, -0.1) is 0 Å². The largest absolute Gasteiger partial charge is 0.329 e. The molecule has 0 aliphatic heterocycles. The third kappa shape index (κ3) is 3.25. The molecule has 102 valence electrons. The molecule has 0 saturated carbocycles. The lowest BCUT2D eigenvalue weighted by molar-refractivity contribution is 0.567. The fourth-order valence-corrected chi connectivity index (χ4v) is 2.30. The number of halogens is 1. The van der Waals surface area contributed by atoms with Crippen LogP contribution in [0.4, 0.5) is 0 Å². The maximum Gasteiger partial charge on any atom is 0.0678 e. The molecule has 0 spiro atoms. The number of nitrogens with one attached hydrogen (secondary N) is 1. The summed E-state index contributed by atoms with van der Waals surface area (Å²) in [6, 6.07) is 10.4. The first kappa shape index (κ1) is 14.3. The standard InChI is InChI=1S/C15H20BrN3/c1-15(2,3)14-8-13(18-19-14)12(9-17)10-4-6-11(16)7-5-10/h4-8,12H,9,17H2,1-3H3,(H,18,19). The molecule has 1 unspecified atom stereocenters. The number of aromatic amines is 1. The van der Waals surface area contributed by atoms with E-state index in [4.69, 9.17) is 5.73 Å². The van der Waals surface area contributed by atoms with Crippen LogP contribution in [0.1, 0.15) is 43.6 Å². The zero-order chi connectivity index (χ0) is 14.0. The highest BCUT2D eigenvalue weighted by Gasteiger charge is 2.21. The summed E-state index contributed by atoms with van der Waals surface area (Å²) in [7, 11) is 0. The van der Waals surface area contributed by atoms with E-state index in [1.807, 2.05) is 12.1 Å². The lowest BCUT2D eigenvalue weighted by Gasteiger charge is -2.15. The van der Waals surface area contributed by atoms with Crippen molar-refractivity contribution in [3.8, 4) is 0 Å². The van der Waals surface area contributed by atoms with Crippen LogP contribution in [0.25, 0.3) is 0 Å². The predicted octanol–water partition coefficient (Wildman–Crippen LogP) is 3.56. The fourth-order valence-electron chi connectivity index (χ4n) is 2.04. The number of H-pyrrole nitrogens is 1. The Morgan fingerprint density at radius 2 is 1.89 bits per heavy atom. The molecule has 3 N–H and O–H groups in total. The molecule has 4 heteroatoms. The summed E-state index contributed by atoms with van der Waals surface area (Å²) in [6.07, 6.45) is 0. The van der Waals surface area contributed by atoms with Crippen LogP contribution in [0.15, 0.2) is 34.8 Å². The maximum absolute atomic E-state index is 5.93. The lowest BCUT2D eigenvalue weighted by Crippen LogP contribution is -2.14. The molecule has 0 aliphatic rings. The van der Waals surface area contributed by atoms with Crippen LogP contribution in [-0.2, 0) is 5.41 Å². The van der Waals surface area contributed by atoms with Crippen molar-refractivity contribution in [2.45, 2.75) is 32.1 Å². The van der Waals surface area contributed by atoms with Crippen LogP contribution < -0.4 is 5.73 Å². The molecular weight excluding hydrogens is 302 g/mol. The average Bonchev–Trinajstić information content (AvgIpc) is 2.82. The monoisotopic (exact) mass is 321 g/mol. The number of rotatable bonds is 3. The molecule has 1 aromatic carbocycles. The van der Waals surface area contributed by atoms with Gasteiger partial charge >= 0.3 is 0 Å². The summed E-state index contributed by atoms with van der Waals surface area (Å²) in [6.45, 7) is 7.03. The summed E-state index contributed by atoms with van der Waals surface area (Å²) in [5, 5.41) is 7.54. The van der Waals surface area contributed by atoms with E-state index in [0.717, 1.165) is 15.9 Å². The van der Waals surface area contributed by atoms with Gasteiger partial charge in [-0.2, -0.15) is 5.10 Å². The highest BCUT2D eigenvalue weighted by atomic mass is 79.9.